The predicted octanol–water partition coefficient (Wildman–Crippen LogP) is 3.73. The molecule has 0 aliphatic heterocycles. The number of hydrogen-bond donors (Lipinski definition) is 1. The van der Waals surface area contributed by atoms with E-state index in [1.807, 2.05) is 19.1 Å². The number of benzene rings is 1. The number of ether oxygens (including phenoxy) is 1. The molecule has 0 spiro atoms. The normalized spacial score (nSPS) is 10.8. The highest BCUT2D eigenvalue weighted by molar-refractivity contribution is 7.80. The number of hydrogen-bond acceptors (Lipinski definition) is 3. The largest absolute Gasteiger partial charge is 0.492 e. The molecule has 0 saturated carbocycles. The zero-order chi connectivity index (χ0) is 10.1. The number of thiol groups is 1. The fraction of sp³-hybridized carbons (Fsp3) is 0.200. The van der Waals surface area contributed by atoms with Crippen LogP contribution in [0.3, 0.4) is 0 Å². The van der Waals surface area contributed by atoms with Gasteiger partial charge in [-0.2, -0.15) is 0 Å². The highest BCUT2D eigenvalue weighted by Crippen LogP contribution is 2.37. The van der Waals surface area contributed by atoms with Crippen molar-refractivity contribution < 1.29 is 9.13 Å². The number of thiophene rings is 1. The van der Waals surface area contributed by atoms with E-state index in [2.05, 4.69) is 12.6 Å². The molecule has 0 aliphatic carbocycles. The second kappa shape index (κ2) is 3.79. The van der Waals surface area contributed by atoms with E-state index < -0.39 is 0 Å². The van der Waals surface area contributed by atoms with Crippen LogP contribution in [0.5, 0.6) is 5.75 Å². The van der Waals surface area contributed by atoms with Crippen molar-refractivity contribution in [1.29, 1.82) is 0 Å². The van der Waals surface area contributed by atoms with Crippen molar-refractivity contribution in [2.75, 3.05) is 6.61 Å². The van der Waals surface area contributed by atoms with Gasteiger partial charge in [-0.05, 0) is 19.1 Å². The Morgan fingerprint density at radius 2 is 2.29 bits per heavy atom. The molecule has 0 unspecified atom stereocenters. The van der Waals surface area contributed by atoms with Gasteiger partial charge in [0.2, 0.25) is 0 Å². The van der Waals surface area contributed by atoms with E-state index in [1.54, 1.807) is 0 Å². The lowest BCUT2D eigenvalue weighted by molar-refractivity contribution is 0.336. The van der Waals surface area contributed by atoms with Crippen LogP contribution >= 0.6 is 24.0 Å². The van der Waals surface area contributed by atoms with Gasteiger partial charge in [0.15, 0.2) is 0 Å². The van der Waals surface area contributed by atoms with Crippen molar-refractivity contribution in [3.8, 4) is 5.75 Å². The maximum absolute atomic E-state index is 13.4. The fourth-order valence-electron chi connectivity index (χ4n) is 1.34. The Bertz CT molecular complexity index is 464. The summed E-state index contributed by atoms with van der Waals surface area (Å²) in [5, 5.41) is 2.03. The lowest BCUT2D eigenvalue weighted by Crippen LogP contribution is -1.93. The minimum absolute atomic E-state index is 0.232. The third-order valence-electron chi connectivity index (χ3n) is 1.92. The SMILES string of the molecule is CCOc1c(S)ccc2scc(F)c12. The molecule has 1 nitrogen and oxygen atoms in total. The van der Waals surface area contributed by atoms with E-state index in [4.69, 9.17) is 4.74 Å². The summed E-state index contributed by atoms with van der Waals surface area (Å²) in [7, 11) is 0. The Morgan fingerprint density at radius 1 is 1.50 bits per heavy atom. The highest BCUT2D eigenvalue weighted by Gasteiger charge is 2.12. The van der Waals surface area contributed by atoms with Gasteiger partial charge < -0.3 is 4.74 Å². The van der Waals surface area contributed by atoms with E-state index in [1.165, 1.54) is 16.7 Å². The molecule has 0 radical (unpaired) electrons. The van der Waals surface area contributed by atoms with Crippen molar-refractivity contribution in [2.24, 2.45) is 0 Å². The average molecular weight is 228 g/mol. The molecule has 1 aromatic carbocycles. The molecule has 4 heteroatoms. The first-order valence-electron chi connectivity index (χ1n) is 4.25. The van der Waals surface area contributed by atoms with Crippen LogP contribution in [-0.2, 0) is 0 Å². The molecule has 2 aromatic rings. The number of rotatable bonds is 2. The maximum Gasteiger partial charge on any atom is 0.145 e. The quantitative estimate of drug-likeness (QED) is 0.771. The summed E-state index contributed by atoms with van der Waals surface area (Å²) in [6.45, 7) is 2.39. The van der Waals surface area contributed by atoms with Crippen LogP contribution in [-0.4, -0.2) is 6.61 Å². The Labute approximate surface area is 90.9 Å². The molecule has 0 bridgehead atoms. The van der Waals surface area contributed by atoms with Crippen LogP contribution in [0.25, 0.3) is 10.1 Å². The molecular weight excluding hydrogens is 219 g/mol. The summed E-state index contributed by atoms with van der Waals surface area (Å²) in [5.41, 5.74) is 0. The molecule has 1 aromatic heterocycles. The first-order valence-corrected chi connectivity index (χ1v) is 5.58. The van der Waals surface area contributed by atoms with Crippen LogP contribution in [0.4, 0.5) is 4.39 Å². The van der Waals surface area contributed by atoms with Crippen LogP contribution in [0.15, 0.2) is 22.4 Å². The van der Waals surface area contributed by atoms with Crippen molar-refractivity contribution in [1.82, 2.24) is 0 Å². The Morgan fingerprint density at radius 3 is 3.00 bits per heavy atom. The second-order valence-electron chi connectivity index (χ2n) is 2.80. The van der Waals surface area contributed by atoms with Crippen molar-refractivity contribution in [3.05, 3.63) is 23.3 Å². The molecule has 14 heavy (non-hydrogen) atoms. The zero-order valence-electron chi connectivity index (χ0n) is 7.58. The van der Waals surface area contributed by atoms with E-state index >= 15 is 0 Å². The standard InChI is InChI=1S/C10H9FOS2/c1-2-12-10-7(13)3-4-8-9(10)6(11)5-14-8/h3-5,13H,2H2,1H3. The van der Waals surface area contributed by atoms with Gasteiger partial charge in [0.05, 0.1) is 12.0 Å². The van der Waals surface area contributed by atoms with E-state index in [0.29, 0.717) is 22.6 Å². The van der Waals surface area contributed by atoms with Gasteiger partial charge in [0.25, 0.3) is 0 Å². The molecule has 0 fully saturated rings. The van der Waals surface area contributed by atoms with Crippen LogP contribution in [0.1, 0.15) is 6.92 Å². The molecule has 0 N–H and O–H groups in total. The summed E-state index contributed by atoms with van der Waals surface area (Å²) in [4.78, 5) is 0.677. The second-order valence-corrected chi connectivity index (χ2v) is 4.20. The third kappa shape index (κ3) is 1.48. The van der Waals surface area contributed by atoms with E-state index in [9.17, 15) is 4.39 Å². The summed E-state index contributed by atoms with van der Waals surface area (Å²) >= 11 is 5.62. The van der Waals surface area contributed by atoms with E-state index in [0.717, 1.165) is 4.70 Å². The van der Waals surface area contributed by atoms with Gasteiger partial charge in [0.1, 0.15) is 11.6 Å². The topological polar surface area (TPSA) is 9.23 Å². The molecule has 0 aliphatic rings. The molecule has 0 saturated heterocycles. The summed E-state index contributed by atoms with van der Waals surface area (Å²) in [6.07, 6.45) is 0. The highest BCUT2D eigenvalue weighted by atomic mass is 32.1. The third-order valence-corrected chi connectivity index (χ3v) is 3.19. The lowest BCUT2D eigenvalue weighted by atomic mass is 10.2. The van der Waals surface area contributed by atoms with E-state index in [-0.39, 0.29) is 5.82 Å². The Kier molecular flexibility index (Phi) is 2.65. The smallest absolute Gasteiger partial charge is 0.145 e. The van der Waals surface area contributed by atoms with Gasteiger partial charge in [0, 0.05) is 15.0 Å². The summed E-state index contributed by atoms with van der Waals surface area (Å²) in [5.74, 6) is 0.316. The molecule has 1 heterocycles. The van der Waals surface area contributed by atoms with Gasteiger partial charge in [-0.25, -0.2) is 4.39 Å². The number of halogens is 1. The van der Waals surface area contributed by atoms with Gasteiger partial charge >= 0.3 is 0 Å². The fourth-order valence-corrected chi connectivity index (χ4v) is 2.40. The van der Waals surface area contributed by atoms with Gasteiger partial charge in [-0.1, -0.05) is 0 Å². The van der Waals surface area contributed by atoms with Gasteiger partial charge in [-0.3, -0.25) is 0 Å². The molecule has 74 valence electrons. The van der Waals surface area contributed by atoms with Crippen LogP contribution < -0.4 is 4.74 Å². The summed E-state index contributed by atoms with van der Waals surface area (Å²) in [6, 6.07) is 3.68. The Hall–Kier alpha value is -0.740. The minimum Gasteiger partial charge on any atom is -0.492 e. The van der Waals surface area contributed by atoms with Crippen LogP contribution in [0, 0.1) is 5.82 Å². The Balaban J connectivity index is 2.73. The molecule has 0 atom stereocenters. The predicted molar refractivity (Wildman–Crippen MR) is 60.2 cm³/mol. The van der Waals surface area contributed by atoms with Crippen LogP contribution in [0.2, 0.25) is 0 Å². The number of fused-ring (bicyclic) bond motifs is 1. The summed E-state index contributed by atoms with van der Waals surface area (Å²) < 4.78 is 19.7. The monoisotopic (exact) mass is 228 g/mol. The van der Waals surface area contributed by atoms with Crippen molar-refractivity contribution >= 4 is 34.1 Å². The first-order chi connectivity index (χ1) is 6.74. The first kappa shape index (κ1) is 9.80. The zero-order valence-corrected chi connectivity index (χ0v) is 9.29. The molecule has 0 amide bonds. The minimum atomic E-state index is -0.232. The average Bonchev–Trinajstić information content (AvgIpc) is 2.53. The molecular formula is C10H9FOS2. The molecule has 2 rings (SSSR count). The van der Waals surface area contributed by atoms with Gasteiger partial charge in [-0.15, -0.1) is 24.0 Å². The maximum atomic E-state index is 13.4. The van der Waals surface area contributed by atoms with Crippen molar-refractivity contribution in [2.45, 2.75) is 11.8 Å². The van der Waals surface area contributed by atoms with Crippen molar-refractivity contribution in [3.63, 3.8) is 0 Å². The lowest BCUT2D eigenvalue weighted by Gasteiger charge is -2.07.